The number of carbonyl (C=O) groups excluding carboxylic acids is 3. The van der Waals surface area contributed by atoms with Gasteiger partial charge in [0.05, 0.1) is 24.3 Å². The Labute approximate surface area is 200 Å². The largest absolute Gasteiger partial charge is 0.494 e. The molecule has 0 saturated carbocycles. The van der Waals surface area contributed by atoms with Gasteiger partial charge >= 0.3 is 17.9 Å². The average molecular weight is 469 g/mol. The summed E-state index contributed by atoms with van der Waals surface area (Å²) in [6.07, 6.45) is 9.83. The molecule has 0 aliphatic rings. The number of benzene rings is 2. The molecule has 0 N–H and O–H groups in total. The van der Waals surface area contributed by atoms with Crippen LogP contribution < -0.4 is 4.74 Å². The van der Waals surface area contributed by atoms with Gasteiger partial charge in [0.15, 0.2) is 0 Å². The number of esters is 1. The van der Waals surface area contributed by atoms with Crippen molar-refractivity contribution < 1.29 is 33.6 Å². The summed E-state index contributed by atoms with van der Waals surface area (Å²) in [7, 11) is 0. The van der Waals surface area contributed by atoms with Gasteiger partial charge in [-0.25, -0.2) is 24.2 Å². The molecule has 0 spiro atoms. The van der Waals surface area contributed by atoms with Gasteiger partial charge in [-0.3, -0.25) is 0 Å². The minimum absolute atomic E-state index is 0.257. The zero-order valence-electron chi connectivity index (χ0n) is 19.4. The van der Waals surface area contributed by atoms with Gasteiger partial charge in [-0.05, 0) is 49.2 Å². The van der Waals surface area contributed by atoms with Crippen LogP contribution in [0, 0.1) is 0 Å². The Kier molecular flexibility index (Phi) is 12.6. The first-order valence-electron chi connectivity index (χ1n) is 11.6. The van der Waals surface area contributed by atoms with Crippen LogP contribution in [0.4, 0.5) is 0 Å². The van der Waals surface area contributed by atoms with E-state index in [0.717, 1.165) is 38.5 Å². The number of rotatable bonds is 15. The van der Waals surface area contributed by atoms with Crippen molar-refractivity contribution in [2.45, 2.75) is 51.4 Å². The number of hydrogen-bond donors (Lipinski definition) is 0. The Morgan fingerprint density at radius 1 is 0.647 bits per heavy atom. The van der Waals surface area contributed by atoms with E-state index in [4.69, 9.17) is 9.47 Å². The predicted molar refractivity (Wildman–Crippen MR) is 127 cm³/mol. The Hall–Kier alpha value is -3.61. The van der Waals surface area contributed by atoms with Crippen molar-refractivity contribution in [2.24, 2.45) is 0 Å². The second kappa shape index (κ2) is 16.1. The van der Waals surface area contributed by atoms with Gasteiger partial charge in [0, 0.05) is 6.08 Å². The zero-order chi connectivity index (χ0) is 24.4. The maximum Gasteiger partial charge on any atom is 0.386 e. The summed E-state index contributed by atoms with van der Waals surface area (Å²) < 4.78 is 10.7. The molecule has 0 bridgehead atoms. The van der Waals surface area contributed by atoms with Gasteiger partial charge in [0.25, 0.3) is 0 Å². The third kappa shape index (κ3) is 10.8. The SMILES string of the molecule is C=CC(=O)OCCCCCCCCCCOc1ccc(C(=O)OOC(=O)c2ccccc2)cc1. The van der Waals surface area contributed by atoms with Gasteiger partial charge in [0.2, 0.25) is 0 Å². The maximum absolute atomic E-state index is 12.0. The predicted octanol–water partition coefficient (Wildman–Crippen LogP) is 5.84. The van der Waals surface area contributed by atoms with E-state index < -0.39 is 11.9 Å². The van der Waals surface area contributed by atoms with Crippen LogP contribution >= 0.6 is 0 Å². The van der Waals surface area contributed by atoms with E-state index in [1.54, 1.807) is 54.6 Å². The fraction of sp³-hybridized carbons (Fsp3) is 0.370. The minimum atomic E-state index is -0.756. The van der Waals surface area contributed by atoms with E-state index in [0.29, 0.717) is 24.5 Å². The number of carbonyl (C=O) groups is 3. The van der Waals surface area contributed by atoms with Crippen molar-refractivity contribution in [3.63, 3.8) is 0 Å². The lowest BCUT2D eigenvalue weighted by Gasteiger charge is -2.07. The first-order chi connectivity index (χ1) is 16.6. The van der Waals surface area contributed by atoms with Gasteiger partial charge in [0.1, 0.15) is 5.75 Å². The normalized spacial score (nSPS) is 10.2. The van der Waals surface area contributed by atoms with Crippen molar-refractivity contribution in [2.75, 3.05) is 13.2 Å². The minimum Gasteiger partial charge on any atom is -0.494 e. The number of ether oxygens (including phenoxy) is 2. The highest BCUT2D eigenvalue weighted by Crippen LogP contribution is 2.15. The zero-order valence-corrected chi connectivity index (χ0v) is 19.4. The lowest BCUT2D eigenvalue weighted by atomic mass is 10.1. The Balaban J connectivity index is 1.50. The van der Waals surface area contributed by atoms with Crippen LogP contribution in [0.2, 0.25) is 0 Å². The van der Waals surface area contributed by atoms with Crippen molar-refractivity contribution in [1.29, 1.82) is 0 Å². The van der Waals surface area contributed by atoms with Crippen LogP contribution in [0.1, 0.15) is 72.1 Å². The topological polar surface area (TPSA) is 88.1 Å². The quantitative estimate of drug-likeness (QED) is 0.107. The third-order valence-electron chi connectivity index (χ3n) is 5.01. The molecule has 2 aromatic rings. The molecule has 7 heteroatoms. The van der Waals surface area contributed by atoms with E-state index in [2.05, 4.69) is 16.4 Å². The van der Waals surface area contributed by atoms with Crippen LogP contribution in [0.3, 0.4) is 0 Å². The Morgan fingerprint density at radius 3 is 1.71 bits per heavy atom. The molecule has 0 aliphatic heterocycles. The van der Waals surface area contributed by atoms with Crippen molar-refractivity contribution >= 4 is 17.9 Å². The standard InChI is InChI=1S/C27H32O7/c1-2-25(28)32-21-13-8-6-4-3-5-7-12-20-31-24-18-16-23(17-19-24)27(30)34-33-26(29)22-14-10-9-11-15-22/h2,9-11,14-19H,1,3-8,12-13,20-21H2. The molecule has 0 amide bonds. The molecule has 0 heterocycles. The number of hydrogen-bond acceptors (Lipinski definition) is 7. The summed E-state index contributed by atoms with van der Waals surface area (Å²) in [5.41, 5.74) is 0.551. The second-order valence-corrected chi connectivity index (χ2v) is 7.68. The summed E-state index contributed by atoms with van der Waals surface area (Å²) in [5, 5.41) is 0. The monoisotopic (exact) mass is 468 g/mol. The lowest BCUT2D eigenvalue weighted by molar-refractivity contribution is -0.187. The van der Waals surface area contributed by atoms with E-state index >= 15 is 0 Å². The van der Waals surface area contributed by atoms with Crippen molar-refractivity contribution in [3.8, 4) is 5.75 Å². The molecule has 7 nitrogen and oxygen atoms in total. The molecule has 0 atom stereocenters. The molecule has 0 radical (unpaired) electrons. The van der Waals surface area contributed by atoms with Crippen LogP contribution in [0.5, 0.6) is 5.75 Å². The molecular formula is C27H32O7. The van der Waals surface area contributed by atoms with Crippen LogP contribution in [-0.2, 0) is 19.3 Å². The highest BCUT2D eigenvalue weighted by molar-refractivity contribution is 5.92. The molecule has 2 rings (SSSR count). The Morgan fingerprint density at radius 2 is 1.15 bits per heavy atom. The summed E-state index contributed by atoms with van der Waals surface area (Å²) in [5.74, 6) is -1.19. The second-order valence-electron chi connectivity index (χ2n) is 7.68. The summed E-state index contributed by atoms with van der Waals surface area (Å²) in [6.45, 7) is 4.43. The third-order valence-corrected chi connectivity index (χ3v) is 5.01. The molecular weight excluding hydrogens is 436 g/mol. The maximum atomic E-state index is 12.0. The van der Waals surface area contributed by atoms with E-state index in [1.165, 1.54) is 18.9 Å². The van der Waals surface area contributed by atoms with Crippen LogP contribution in [-0.4, -0.2) is 31.1 Å². The fourth-order valence-electron chi connectivity index (χ4n) is 3.12. The average Bonchev–Trinajstić information content (AvgIpc) is 2.88. The van der Waals surface area contributed by atoms with E-state index in [1.807, 2.05) is 0 Å². The molecule has 0 unspecified atom stereocenters. The van der Waals surface area contributed by atoms with Gasteiger partial charge in [-0.1, -0.05) is 63.3 Å². The molecule has 0 aromatic heterocycles. The van der Waals surface area contributed by atoms with Crippen LogP contribution in [0.25, 0.3) is 0 Å². The fourth-order valence-corrected chi connectivity index (χ4v) is 3.12. The molecule has 182 valence electrons. The van der Waals surface area contributed by atoms with Crippen molar-refractivity contribution in [3.05, 3.63) is 78.4 Å². The van der Waals surface area contributed by atoms with Gasteiger partial charge in [-0.2, -0.15) is 0 Å². The number of unbranched alkanes of at least 4 members (excludes halogenated alkanes) is 7. The smallest absolute Gasteiger partial charge is 0.386 e. The highest BCUT2D eigenvalue weighted by atomic mass is 17.2. The molecule has 0 saturated heterocycles. The molecule has 0 fully saturated rings. The molecule has 2 aromatic carbocycles. The first-order valence-corrected chi connectivity index (χ1v) is 11.6. The highest BCUT2D eigenvalue weighted by Gasteiger charge is 2.13. The first kappa shape index (κ1) is 26.6. The summed E-state index contributed by atoms with van der Waals surface area (Å²) in [6, 6.07) is 14.8. The van der Waals surface area contributed by atoms with Gasteiger partial charge in [-0.15, -0.1) is 0 Å². The lowest BCUT2D eigenvalue weighted by Crippen LogP contribution is -2.11. The van der Waals surface area contributed by atoms with Crippen LogP contribution in [0.15, 0.2) is 67.3 Å². The summed E-state index contributed by atoms with van der Waals surface area (Å²) >= 11 is 0. The Bertz CT molecular complexity index is 891. The molecule has 34 heavy (non-hydrogen) atoms. The van der Waals surface area contributed by atoms with Gasteiger partial charge < -0.3 is 9.47 Å². The van der Waals surface area contributed by atoms with E-state index in [9.17, 15) is 14.4 Å². The summed E-state index contributed by atoms with van der Waals surface area (Å²) in [4.78, 5) is 44.0. The molecule has 0 aliphatic carbocycles. The van der Waals surface area contributed by atoms with E-state index in [-0.39, 0.29) is 11.5 Å². The van der Waals surface area contributed by atoms with Crippen molar-refractivity contribution in [1.82, 2.24) is 0 Å².